The second-order valence-electron chi connectivity index (χ2n) is 3.39. The minimum Gasteiger partial charge on any atom is -0.207 e. The molecule has 0 bridgehead atoms. The summed E-state index contributed by atoms with van der Waals surface area (Å²) in [5.41, 5.74) is 0. The van der Waals surface area contributed by atoms with Crippen molar-refractivity contribution in [3.05, 3.63) is 0 Å². The van der Waals surface area contributed by atoms with Crippen molar-refractivity contribution in [1.82, 2.24) is 0 Å². The summed E-state index contributed by atoms with van der Waals surface area (Å²) >= 11 is 3.37. The van der Waals surface area contributed by atoms with Crippen molar-refractivity contribution >= 4 is 15.9 Å². The maximum absolute atomic E-state index is 12.4. The molecule has 0 aromatic carbocycles. The molecule has 0 saturated carbocycles. The topological polar surface area (TPSA) is 0 Å². The van der Waals surface area contributed by atoms with Crippen LogP contribution >= 0.6 is 15.9 Å². The summed E-state index contributed by atoms with van der Waals surface area (Å²) in [6.45, 7) is 3.08. The average Bonchev–Trinajstić information content (AvgIpc) is 1.96. The Balaban J connectivity index is 3.41. The van der Waals surface area contributed by atoms with Gasteiger partial charge in [0.05, 0.1) is 0 Å². The summed E-state index contributed by atoms with van der Waals surface area (Å²) in [6.07, 6.45) is 2.63. The SMILES string of the molecule is CCC(CBr)CCCC(C)(F)F. The van der Waals surface area contributed by atoms with Gasteiger partial charge in [0.2, 0.25) is 5.92 Å². The molecule has 0 fully saturated rings. The first-order valence-electron chi connectivity index (χ1n) is 4.43. The largest absolute Gasteiger partial charge is 0.245 e. The quantitative estimate of drug-likeness (QED) is 0.612. The van der Waals surface area contributed by atoms with Crippen LogP contribution in [0.2, 0.25) is 0 Å². The van der Waals surface area contributed by atoms with Crippen LogP contribution in [0.4, 0.5) is 8.78 Å². The van der Waals surface area contributed by atoms with E-state index < -0.39 is 5.92 Å². The summed E-state index contributed by atoms with van der Waals surface area (Å²) in [4.78, 5) is 0. The Kier molecular flexibility index (Phi) is 6.06. The fourth-order valence-electron chi connectivity index (χ4n) is 1.09. The van der Waals surface area contributed by atoms with Crippen LogP contribution in [0.25, 0.3) is 0 Å². The van der Waals surface area contributed by atoms with Gasteiger partial charge in [-0.1, -0.05) is 29.3 Å². The molecule has 0 rings (SSSR count). The van der Waals surface area contributed by atoms with Crippen molar-refractivity contribution in [1.29, 1.82) is 0 Å². The third-order valence-electron chi connectivity index (χ3n) is 2.02. The van der Waals surface area contributed by atoms with E-state index in [4.69, 9.17) is 0 Å². The number of alkyl halides is 3. The zero-order valence-electron chi connectivity index (χ0n) is 7.75. The molecule has 0 aromatic rings. The summed E-state index contributed by atoms with van der Waals surface area (Å²) in [6, 6.07) is 0. The molecule has 0 saturated heterocycles. The molecule has 3 heteroatoms. The van der Waals surface area contributed by atoms with Crippen LogP contribution in [0.5, 0.6) is 0 Å². The molecular weight excluding hydrogens is 226 g/mol. The Morgan fingerprint density at radius 1 is 1.42 bits per heavy atom. The van der Waals surface area contributed by atoms with Gasteiger partial charge in [-0.25, -0.2) is 8.78 Å². The molecule has 0 aliphatic heterocycles. The molecule has 0 spiro atoms. The first kappa shape index (κ1) is 12.3. The monoisotopic (exact) mass is 242 g/mol. The highest BCUT2D eigenvalue weighted by Gasteiger charge is 2.20. The van der Waals surface area contributed by atoms with Gasteiger partial charge in [0.1, 0.15) is 0 Å². The fourth-order valence-corrected chi connectivity index (χ4v) is 1.87. The Bertz CT molecular complexity index is 106. The number of halogens is 3. The number of rotatable bonds is 6. The fraction of sp³-hybridized carbons (Fsp3) is 1.00. The Hall–Kier alpha value is 0.340. The third kappa shape index (κ3) is 7.01. The standard InChI is InChI=1S/C9H17BrF2/c1-3-8(7-10)5-4-6-9(2,11)12/h8H,3-7H2,1-2H3. The highest BCUT2D eigenvalue weighted by molar-refractivity contribution is 9.09. The molecule has 0 N–H and O–H groups in total. The summed E-state index contributed by atoms with van der Waals surface area (Å²) < 4.78 is 24.7. The lowest BCUT2D eigenvalue weighted by Crippen LogP contribution is -2.10. The van der Waals surface area contributed by atoms with Crippen LogP contribution in [0.3, 0.4) is 0 Å². The van der Waals surface area contributed by atoms with Gasteiger partial charge in [-0.3, -0.25) is 0 Å². The highest BCUT2D eigenvalue weighted by atomic mass is 79.9. The van der Waals surface area contributed by atoms with Gasteiger partial charge in [-0.05, 0) is 25.7 Å². The lowest BCUT2D eigenvalue weighted by atomic mass is 10.0. The van der Waals surface area contributed by atoms with E-state index in [2.05, 4.69) is 22.9 Å². The van der Waals surface area contributed by atoms with Crippen LogP contribution in [-0.2, 0) is 0 Å². The molecule has 0 aromatic heterocycles. The van der Waals surface area contributed by atoms with Crippen molar-refractivity contribution < 1.29 is 8.78 Å². The van der Waals surface area contributed by atoms with Gasteiger partial charge in [0, 0.05) is 11.8 Å². The van der Waals surface area contributed by atoms with Crippen molar-refractivity contribution in [2.24, 2.45) is 5.92 Å². The number of hydrogen-bond acceptors (Lipinski definition) is 0. The maximum Gasteiger partial charge on any atom is 0.245 e. The Morgan fingerprint density at radius 2 is 2.00 bits per heavy atom. The Labute approximate surface area is 81.9 Å². The second kappa shape index (κ2) is 5.90. The van der Waals surface area contributed by atoms with E-state index in [0.717, 1.165) is 25.1 Å². The van der Waals surface area contributed by atoms with E-state index >= 15 is 0 Å². The molecule has 0 radical (unpaired) electrons. The predicted octanol–water partition coefficient (Wildman–Crippen LogP) is 4.23. The van der Waals surface area contributed by atoms with Crippen LogP contribution in [0, 0.1) is 5.92 Å². The molecule has 0 amide bonds. The molecule has 1 unspecified atom stereocenters. The Morgan fingerprint density at radius 3 is 2.33 bits per heavy atom. The zero-order chi connectivity index (χ0) is 9.61. The van der Waals surface area contributed by atoms with E-state index in [1.54, 1.807) is 0 Å². The average molecular weight is 243 g/mol. The molecule has 0 aliphatic rings. The maximum atomic E-state index is 12.4. The number of hydrogen-bond donors (Lipinski definition) is 0. The van der Waals surface area contributed by atoms with Crippen LogP contribution in [-0.4, -0.2) is 11.3 Å². The van der Waals surface area contributed by atoms with Crippen molar-refractivity contribution in [3.63, 3.8) is 0 Å². The molecule has 12 heavy (non-hydrogen) atoms. The van der Waals surface area contributed by atoms with E-state index in [1.165, 1.54) is 0 Å². The van der Waals surface area contributed by atoms with Crippen molar-refractivity contribution in [2.45, 2.75) is 45.5 Å². The van der Waals surface area contributed by atoms with E-state index in [0.29, 0.717) is 12.3 Å². The molecule has 74 valence electrons. The predicted molar refractivity (Wildman–Crippen MR) is 52.0 cm³/mol. The zero-order valence-corrected chi connectivity index (χ0v) is 9.33. The van der Waals surface area contributed by atoms with Gasteiger partial charge in [-0.2, -0.15) is 0 Å². The van der Waals surface area contributed by atoms with Gasteiger partial charge in [0.25, 0.3) is 0 Å². The smallest absolute Gasteiger partial charge is 0.207 e. The van der Waals surface area contributed by atoms with Gasteiger partial charge < -0.3 is 0 Å². The van der Waals surface area contributed by atoms with Crippen molar-refractivity contribution in [2.75, 3.05) is 5.33 Å². The normalized spacial score (nSPS) is 14.8. The molecular formula is C9H17BrF2. The first-order chi connectivity index (χ1) is 5.49. The second-order valence-corrected chi connectivity index (χ2v) is 4.04. The molecule has 0 nitrogen and oxygen atoms in total. The minimum atomic E-state index is -2.48. The summed E-state index contributed by atoms with van der Waals surface area (Å²) in [7, 11) is 0. The molecule has 0 aliphatic carbocycles. The summed E-state index contributed by atoms with van der Waals surface area (Å²) in [5, 5.41) is 0.929. The van der Waals surface area contributed by atoms with Crippen LogP contribution < -0.4 is 0 Å². The highest BCUT2D eigenvalue weighted by Crippen LogP contribution is 2.23. The van der Waals surface area contributed by atoms with Gasteiger partial charge >= 0.3 is 0 Å². The molecule has 0 heterocycles. The van der Waals surface area contributed by atoms with Gasteiger partial charge in [-0.15, -0.1) is 0 Å². The minimum absolute atomic E-state index is 0.0243. The lowest BCUT2D eigenvalue weighted by molar-refractivity contribution is 0.00960. The van der Waals surface area contributed by atoms with E-state index in [9.17, 15) is 8.78 Å². The van der Waals surface area contributed by atoms with Gasteiger partial charge in [0.15, 0.2) is 0 Å². The van der Waals surface area contributed by atoms with Crippen molar-refractivity contribution in [3.8, 4) is 0 Å². The van der Waals surface area contributed by atoms with Crippen LogP contribution in [0.1, 0.15) is 39.5 Å². The molecule has 1 atom stereocenters. The third-order valence-corrected chi connectivity index (χ3v) is 2.94. The van der Waals surface area contributed by atoms with E-state index in [1.807, 2.05) is 0 Å². The summed E-state index contributed by atoms with van der Waals surface area (Å²) in [5.74, 6) is -1.92. The first-order valence-corrected chi connectivity index (χ1v) is 5.55. The van der Waals surface area contributed by atoms with E-state index in [-0.39, 0.29) is 6.42 Å². The lowest BCUT2D eigenvalue weighted by Gasteiger charge is -2.13. The van der Waals surface area contributed by atoms with Crippen LogP contribution in [0.15, 0.2) is 0 Å².